The van der Waals surface area contributed by atoms with Crippen LogP contribution in [0.2, 0.25) is 0 Å². The third-order valence-corrected chi connectivity index (χ3v) is 39.7. The highest BCUT2D eigenvalue weighted by atomic mass is 16.7. The van der Waals surface area contributed by atoms with E-state index in [0.717, 1.165) is 225 Å². The van der Waals surface area contributed by atoms with E-state index >= 15 is 0 Å². The highest BCUT2D eigenvalue weighted by Gasteiger charge is 2.72. The lowest BCUT2D eigenvalue weighted by molar-refractivity contribution is -0.204. The zero-order valence-electron chi connectivity index (χ0n) is 83.6. The highest BCUT2D eigenvalue weighted by Crippen LogP contribution is 2.77. The topological polar surface area (TPSA) is 320 Å². The molecule has 1 saturated heterocycles. The van der Waals surface area contributed by atoms with Gasteiger partial charge in [-0.1, -0.05) is 156 Å². The molecule has 0 aromatic rings. The molecule has 13 aliphatic rings. The Hall–Kier alpha value is -4.28. The second-order valence-electron chi connectivity index (χ2n) is 47.9. The molecule has 0 bridgehead atoms. The van der Waals surface area contributed by atoms with Crippen LogP contribution < -0.4 is 21.7 Å². The maximum absolute atomic E-state index is 14.3. The van der Waals surface area contributed by atoms with Crippen LogP contribution in [0.4, 0.5) is 0 Å². The van der Waals surface area contributed by atoms with Gasteiger partial charge in [0, 0.05) is 63.8 Å². The van der Waals surface area contributed by atoms with Gasteiger partial charge in [-0.15, -0.1) is 5.06 Å². The number of nitrogens with zero attached hydrogens (tertiary/aromatic N) is 1. The molecule has 128 heavy (non-hydrogen) atoms. The van der Waals surface area contributed by atoms with Crippen LogP contribution in [0.15, 0.2) is 0 Å². The van der Waals surface area contributed by atoms with Crippen molar-refractivity contribution < 1.29 is 77.8 Å². The molecule has 1 aliphatic heterocycles. The maximum atomic E-state index is 14.3. The van der Waals surface area contributed by atoms with Gasteiger partial charge in [0.15, 0.2) is 0 Å². The Labute approximate surface area is 773 Å². The number of carbonyl (C=O) groups is 8. The molecule has 12 saturated carbocycles. The fourth-order valence-electron chi connectivity index (χ4n) is 33.2. The van der Waals surface area contributed by atoms with Crippen molar-refractivity contribution in [2.75, 3.05) is 39.3 Å². The first-order valence-electron chi connectivity index (χ1n) is 52.7. The van der Waals surface area contributed by atoms with Crippen LogP contribution in [0, 0.1) is 174 Å². The quantitative estimate of drug-likeness (QED) is 0.0125. The minimum absolute atomic E-state index is 0.00548. The molecule has 9 N–H and O–H groups in total. The van der Waals surface area contributed by atoms with Crippen LogP contribution in [-0.2, 0) is 57.4 Å². The molecule has 33 atom stereocenters. The average molecular weight is 1800 g/mol. The van der Waals surface area contributed by atoms with Crippen molar-refractivity contribution in [3.8, 4) is 0 Å². The van der Waals surface area contributed by atoms with Gasteiger partial charge in [0.2, 0.25) is 5.91 Å². The lowest BCUT2D eigenvalue weighted by Crippen LogP contribution is -2.62. The van der Waals surface area contributed by atoms with E-state index in [2.05, 4.69) is 127 Å². The van der Waals surface area contributed by atoms with Gasteiger partial charge in [-0.05, 0) is 357 Å². The number of imide groups is 1. The second kappa shape index (κ2) is 44.2. The van der Waals surface area contributed by atoms with Crippen molar-refractivity contribution in [1.29, 1.82) is 0 Å². The van der Waals surface area contributed by atoms with Gasteiger partial charge >= 0.3 is 29.8 Å². The molecule has 12 aliphatic carbocycles. The predicted molar refractivity (Wildman–Crippen MR) is 502 cm³/mol. The predicted octanol–water partition coefficient (Wildman–Crippen LogP) is 19.4. The molecule has 0 aromatic heterocycles. The Bertz CT molecular complexity index is 3670. The molecular formula is C107H183N5O16. The number of carboxylic acid groups (broad SMARTS) is 1. The molecule has 7 unspecified atom stereocenters. The number of aliphatic carboxylic acids is 1. The third-order valence-electron chi connectivity index (χ3n) is 39.7. The smallest absolute Gasteiger partial charge is 0.336 e. The summed E-state index contributed by atoms with van der Waals surface area (Å²) in [5.41, 5.74) is 6.23. The minimum Gasteiger partial charge on any atom is -0.481 e. The Morgan fingerprint density at radius 2 is 0.766 bits per heavy atom. The summed E-state index contributed by atoms with van der Waals surface area (Å²) in [4.78, 5) is 108. The Morgan fingerprint density at radius 1 is 0.398 bits per heavy atom. The summed E-state index contributed by atoms with van der Waals surface area (Å²) >= 11 is 0. The van der Waals surface area contributed by atoms with E-state index in [1.807, 2.05) is 0 Å². The standard InChI is InChI=1S/C43H80N4O4.C34H53NO7.C30H50O5/c1-30(2)15-13-16-33(40(50)47-28-14-27-46-26-12-11-25-45-24-10-8-9-23-44)39-35-17-18-38-41(5)21-20-36(49)31(3)34(41)19-22-42(38,6)43(35,7)29-37(39)51-32(4)48;1-19(2)8-7-9-22(32(40)42-35-29(38)14-15-30(35)39)31-26-13-12-24-25(34(26,6)18-28(31)41-21(4)36)11-10-23-20(3)27(37)16-17-33(23,24)5;1-17(2)8-7-9-20(28(33)34)27-24-13-12-22-23(30(24,6)16-26(27)35-19(4)31)11-10-21-18(3)25(32)14-15-29(21,22)5/h30-31,33-39,45-46,49H,8-29,44H2,1-7H3,(H,47,50);19-20,22-28,31,37H,7-18H2,1-6H3;17-18,20-27,32H,7-16H2,1-6H3,(H,33,34)/t31-,33-,34?,35?,36+,37-,38?,39-,41-,42-,43-;20?,22-,23-,24+,25-,26?,27+,28-,31-,33-,34+;18?,20-,21-,22+,23-,24?,25+,26-,27-,29-,30+/m000/s1. The SMILES string of the molecule is CC(=O)O[C@H]1C[C@@]2(C)C(CCC3[C@@]4(C)CC[C@@H](O)[C@@H](C)C4CC[C@@]32C)[C@@H]1[C@H](CCCC(C)C)C(=O)NCCCNCCCCNCCCCCN.CC(=O)O[C@H]1C[C@@]2(C)C(CC[C@@H]3[C@@H]2CC[C@H]2C(C)[C@H](O)CC[C@]32C)[C@@H]1[C@H](CCCC(C)C)C(=O)O.CC(=O)O[C@H]1C[C@@]2(C)C(CC[C@@H]3[C@@H]2CC[C@H]2C(C)[C@H](O)CC[C@]32C)[C@@H]1[C@H](CCCC(C)C)C(=O)ON1C(=O)CCC1=O. The van der Waals surface area contributed by atoms with Gasteiger partial charge in [-0.3, -0.25) is 33.6 Å². The molecule has 0 radical (unpaired) electrons. The molecule has 13 rings (SSSR count). The first-order valence-corrected chi connectivity index (χ1v) is 52.7. The van der Waals surface area contributed by atoms with Crippen molar-refractivity contribution in [3.63, 3.8) is 0 Å². The van der Waals surface area contributed by atoms with E-state index in [1.165, 1.54) is 39.5 Å². The fraction of sp³-hybridized carbons (Fsp3) is 0.925. The number of aliphatic hydroxyl groups excluding tert-OH is 3. The number of carboxylic acids is 1. The monoisotopic (exact) mass is 1790 g/mol. The third kappa shape index (κ3) is 22.0. The number of nitrogens with two attached hydrogens (primary N) is 1. The highest BCUT2D eigenvalue weighted by molar-refractivity contribution is 6.01. The van der Waals surface area contributed by atoms with Gasteiger partial charge < -0.3 is 61.2 Å². The van der Waals surface area contributed by atoms with E-state index in [1.54, 1.807) is 6.92 Å². The zero-order valence-corrected chi connectivity index (χ0v) is 83.6. The fourth-order valence-corrected chi connectivity index (χ4v) is 33.2. The number of ether oxygens (including phenoxy) is 3. The summed E-state index contributed by atoms with van der Waals surface area (Å²) in [5, 5.41) is 53.6. The number of hydrogen-bond acceptors (Lipinski definition) is 18. The molecule has 21 nitrogen and oxygen atoms in total. The summed E-state index contributed by atoms with van der Waals surface area (Å²) in [6, 6.07) is 0. The van der Waals surface area contributed by atoms with Gasteiger partial charge in [-0.2, -0.15) is 0 Å². The van der Waals surface area contributed by atoms with Crippen LogP contribution in [0.3, 0.4) is 0 Å². The Morgan fingerprint density at radius 3 is 1.20 bits per heavy atom. The Kier molecular flexibility index (Phi) is 36.0. The molecule has 732 valence electrons. The van der Waals surface area contributed by atoms with Crippen LogP contribution in [0.5, 0.6) is 0 Å². The van der Waals surface area contributed by atoms with Crippen LogP contribution >= 0.6 is 0 Å². The van der Waals surface area contributed by atoms with E-state index < -0.39 is 41.7 Å². The summed E-state index contributed by atoms with van der Waals surface area (Å²) < 4.78 is 18.3. The number of fused-ring (bicyclic) bond motifs is 15. The summed E-state index contributed by atoms with van der Waals surface area (Å²) in [7, 11) is 0. The van der Waals surface area contributed by atoms with Crippen molar-refractivity contribution in [3.05, 3.63) is 0 Å². The minimum atomic E-state index is -0.715. The van der Waals surface area contributed by atoms with Crippen molar-refractivity contribution in [1.82, 2.24) is 21.0 Å². The van der Waals surface area contributed by atoms with Crippen LogP contribution in [0.1, 0.15) is 376 Å². The van der Waals surface area contributed by atoms with Crippen molar-refractivity contribution >= 4 is 47.6 Å². The number of hydrogen-bond donors (Lipinski definition) is 8. The molecule has 0 spiro atoms. The maximum Gasteiger partial charge on any atom is 0.336 e. The number of carbonyl (C=O) groups excluding carboxylic acids is 7. The van der Waals surface area contributed by atoms with E-state index in [-0.39, 0.29) is 135 Å². The van der Waals surface area contributed by atoms with Gasteiger partial charge in [0.1, 0.15) is 18.3 Å². The largest absolute Gasteiger partial charge is 0.481 e. The van der Waals surface area contributed by atoms with E-state index in [0.29, 0.717) is 119 Å². The first kappa shape index (κ1) is 104. The number of nitrogens with one attached hydrogen (secondary N) is 3. The molecule has 21 heteroatoms. The molecule has 13 fully saturated rings. The summed E-state index contributed by atoms with van der Waals surface area (Å²) in [5.74, 6) is 3.53. The van der Waals surface area contributed by atoms with Crippen LogP contribution in [0.25, 0.3) is 0 Å². The molecular weight excluding hydrogens is 1610 g/mol. The Balaban J connectivity index is 0.000000189. The normalized spacial score (nSPS) is 41.0. The van der Waals surface area contributed by atoms with Crippen molar-refractivity contribution in [2.24, 2.45) is 180 Å². The average Bonchev–Trinajstić information content (AvgIpc) is 1.40. The van der Waals surface area contributed by atoms with Gasteiger partial charge in [0.05, 0.1) is 30.1 Å². The lowest BCUT2D eigenvalue weighted by Gasteiger charge is -2.68. The van der Waals surface area contributed by atoms with Gasteiger partial charge in [0.25, 0.3) is 11.8 Å². The number of amides is 3. The lowest BCUT2D eigenvalue weighted by atomic mass is 9.37. The van der Waals surface area contributed by atoms with Gasteiger partial charge in [-0.25, -0.2) is 4.79 Å². The summed E-state index contributed by atoms with van der Waals surface area (Å²) in [6.45, 7) is 47.3. The number of rotatable bonds is 36. The van der Waals surface area contributed by atoms with Crippen molar-refractivity contribution in [2.45, 2.75) is 412 Å². The molecule has 0 aromatic carbocycles. The number of hydroxylamine groups is 2. The first-order chi connectivity index (χ1) is 60.5. The second-order valence-corrected chi connectivity index (χ2v) is 47.9. The van der Waals surface area contributed by atoms with E-state index in [4.69, 9.17) is 24.8 Å². The zero-order chi connectivity index (χ0) is 93.5. The molecule has 3 amide bonds. The summed E-state index contributed by atoms with van der Waals surface area (Å²) in [6.07, 6.45) is 34.9. The number of unbranched alkanes of at least 4 members (excludes halogenated alkanes) is 3. The number of aliphatic hydroxyl groups is 3. The molecule has 1 heterocycles. The van der Waals surface area contributed by atoms with E-state index in [9.17, 15) is 58.8 Å². The number of esters is 3. The van der Waals surface area contributed by atoms with Crippen LogP contribution in [-0.4, -0.2) is 149 Å².